The average Bonchev–Trinajstić information content (AvgIpc) is 2.85. The van der Waals surface area contributed by atoms with Crippen LogP contribution in [0.3, 0.4) is 0 Å². The number of nitrogens with zero attached hydrogens (tertiary/aromatic N) is 1. The second-order valence-corrected chi connectivity index (χ2v) is 6.47. The summed E-state index contributed by atoms with van der Waals surface area (Å²) in [6.45, 7) is 8.97. The van der Waals surface area contributed by atoms with Crippen molar-refractivity contribution in [2.24, 2.45) is 0 Å². The van der Waals surface area contributed by atoms with Crippen LogP contribution in [0.4, 0.5) is 0 Å². The van der Waals surface area contributed by atoms with E-state index in [-0.39, 0.29) is 18.3 Å². The number of aromatic nitrogens is 1. The van der Waals surface area contributed by atoms with Gasteiger partial charge in [-0.15, -0.1) is 11.3 Å². The molecule has 2 rings (SSSR count). The van der Waals surface area contributed by atoms with E-state index in [1.807, 2.05) is 24.0 Å². The number of nitrogens with one attached hydrogen (secondary N) is 1. The fraction of sp³-hybridized carbons (Fsp3) is 0.615. The van der Waals surface area contributed by atoms with Gasteiger partial charge in [-0.1, -0.05) is 0 Å². The van der Waals surface area contributed by atoms with Crippen LogP contribution in [0, 0.1) is 0 Å². The van der Waals surface area contributed by atoms with Crippen LogP contribution in [0.25, 0.3) is 6.08 Å². The largest absolute Gasteiger partial charge is 0.491 e. The molecule has 0 saturated carbocycles. The number of hydrogen-bond donors (Lipinski definition) is 1. The Morgan fingerprint density at radius 3 is 2.47 bits per heavy atom. The van der Waals surface area contributed by atoms with E-state index in [1.54, 1.807) is 11.3 Å². The van der Waals surface area contributed by atoms with Crippen molar-refractivity contribution in [2.75, 3.05) is 13.6 Å². The van der Waals surface area contributed by atoms with E-state index < -0.39 is 0 Å². The van der Waals surface area contributed by atoms with Crippen LogP contribution in [-0.4, -0.2) is 36.9 Å². The van der Waals surface area contributed by atoms with Gasteiger partial charge in [-0.2, -0.15) is 0 Å². The van der Waals surface area contributed by atoms with Gasteiger partial charge in [0.05, 0.1) is 22.4 Å². The van der Waals surface area contributed by atoms with Gasteiger partial charge in [0.15, 0.2) is 0 Å². The Kier molecular flexibility index (Phi) is 4.15. The van der Waals surface area contributed by atoms with Gasteiger partial charge in [0.2, 0.25) is 0 Å². The fourth-order valence-electron chi connectivity index (χ4n) is 1.88. The zero-order chi connectivity index (χ0) is 14.1. The van der Waals surface area contributed by atoms with Crippen LogP contribution in [0.15, 0.2) is 16.4 Å². The Bertz CT molecular complexity index is 441. The van der Waals surface area contributed by atoms with Crippen LogP contribution in [0.5, 0.6) is 0 Å². The van der Waals surface area contributed by atoms with Crippen LogP contribution >= 0.6 is 11.3 Å². The molecule has 0 unspecified atom stereocenters. The first-order valence-corrected chi connectivity index (χ1v) is 7.39. The third kappa shape index (κ3) is 3.08. The second-order valence-electron chi connectivity index (χ2n) is 5.75. The molecule has 0 bridgehead atoms. The average molecular weight is 280 g/mol. The Morgan fingerprint density at radius 1 is 1.37 bits per heavy atom. The predicted octanol–water partition coefficient (Wildman–Crippen LogP) is 2.38. The normalized spacial score (nSPS) is 21.9. The van der Waals surface area contributed by atoms with E-state index in [9.17, 15) is 0 Å². The maximum atomic E-state index is 6.07. The lowest BCUT2D eigenvalue weighted by molar-refractivity contribution is 0.00578. The summed E-state index contributed by atoms with van der Waals surface area (Å²) in [4.78, 5) is 4.29. The molecule has 1 fully saturated rings. The molecule has 0 spiro atoms. The lowest BCUT2D eigenvalue weighted by Crippen LogP contribution is -2.41. The second kappa shape index (κ2) is 5.36. The van der Waals surface area contributed by atoms with Crippen molar-refractivity contribution in [3.05, 3.63) is 22.1 Å². The predicted molar refractivity (Wildman–Crippen MR) is 80.1 cm³/mol. The minimum absolute atomic E-state index is 0.313. The van der Waals surface area contributed by atoms with E-state index in [4.69, 9.17) is 9.31 Å². The summed E-state index contributed by atoms with van der Waals surface area (Å²) in [7, 11) is 1.60. The van der Waals surface area contributed by atoms with Crippen molar-refractivity contribution in [1.29, 1.82) is 0 Å². The van der Waals surface area contributed by atoms with Crippen molar-refractivity contribution < 1.29 is 9.31 Å². The molecule has 1 aliphatic heterocycles. The van der Waals surface area contributed by atoms with E-state index in [0.29, 0.717) is 6.54 Å². The highest BCUT2D eigenvalue weighted by atomic mass is 32.1. The van der Waals surface area contributed by atoms with Gasteiger partial charge >= 0.3 is 7.12 Å². The molecule has 1 aromatic rings. The third-order valence-electron chi connectivity index (χ3n) is 3.72. The SMILES string of the molecule is CNCC(=Cc1cscn1)B1OC(C)(C)C(C)(C)O1. The summed E-state index contributed by atoms with van der Waals surface area (Å²) in [5.74, 6) is 0. The molecule has 4 nitrogen and oxygen atoms in total. The topological polar surface area (TPSA) is 43.4 Å². The first kappa shape index (κ1) is 14.7. The molecule has 0 aliphatic carbocycles. The maximum absolute atomic E-state index is 6.07. The molecule has 104 valence electrons. The fourth-order valence-corrected chi connectivity index (χ4v) is 2.40. The van der Waals surface area contributed by atoms with Gasteiger partial charge in [0.1, 0.15) is 0 Å². The lowest BCUT2D eigenvalue weighted by atomic mass is 9.77. The molecule has 6 heteroatoms. The Labute approximate surface area is 119 Å². The van der Waals surface area contributed by atoms with Crippen molar-refractivity contribution in [3.63, 3.8) is 0 Å². The van der Waals surface area contributed by atoms with Crippen molar-refractivity contribution in [1.82, 2.24) is 10.3 Å². The van der Waals surface area contributed by atoms with Gasteiger partial charge in [-0.3, -0.25) is 0 Å². The molecule has 1 aromatic heterocycles. The Hall–Kier alpha value is -0.685. The molecule has 1 saturated heterocycles. The third-order valence-corrected chi connectivity index (χ3v) is 4.33. The highest BCUT2D eigenvalue weighted by Gasteiger charge is 2.52. The van der Waals surface area contributed by atoms with E-state index in [0.717, 1.165) is 11.2 Å². The van der Waals surface area contributed by atoms with E-state index in [1.165, 1.54) is 0 Å². The van der Waals surface area contributed by atoms with Crippen molar-refractivity contribution in [3.8, 4) is 0 Å². The first-order valence-electron chi connectivity index (χ1n) is 6.44. The van der Waals surface area contributed by atoms with Crippen LogP contribution < -0.4 is 5.32 Å². The summed E-state index contributed by atoms with van der Waals surface area (Å²) >= 11 is 1.58. The van der Waals surface area contributed by atoms with Gasteiger partial charge in [0, 0.05) is 11.9 Å². The van der Waals surface area contributed by atoms with Gasteiger partial charge in [-0.05, 0) is 46.3 Å². The van der Waals surface area contributed by atoms with Crippen molar-refractivity contribution in [2.45, 2.75) is 38.9 Å². The molecule has 0 atom stereocenters. The first-order chi connectivity index (χ1) is 8.86. The van der Waals surface area contributed by atoms with Crippen molar-refractivity contribution >= 4 is 24.5 Å². The molecule has 1 N–H and O–H groups in total. The molecule has 0 aromatic carbocycles. The summed E-state index contributed by atoms with van der Waals surface area (Å²) < 4.78 is 12.1. The van der Waals surface area contributed by atoms with Crippen LogP contribution in [0.1, 0.15) is 33.4 Å². The smallest absolute Gasteiger partial charge is 0.400 e. The zero-order valence-electron chi connectivity index (χ0n) is 12.2. The Balaban J connectivity index is 2.23. The Morgan fingerprint density at radius 2 is 2.00 bits per heavy atom. The minimum Gasteiger partial charge on any atom is -0.400 e. The molecule has 0 amide bonds. The maximum Gasteiger partial charge on any atom is 0.491 e. The molecular formula is C13H21BN2O2S. The minimum atomic E-state index is -0.320. The van der Waals surface area contributed by atoms with Gasteiger partial charge < -0.3 is 14.6 Å². The standard InChI is InChI=1S/C13H21BN2O2S/c1-12(2)13(3,4)18-14(17-12)10(7-15-5)6-11-8-19-9-16-11/h6,8-9,15H,7H2,1-5H3. The van der Waals surface area contributed by atoms with E-state index in [2.05, 4.69) is 38.0 Å². The number of hydrogen-bond acceptors (Lipinski definition) is 5. The molecular weight excluding hydrogens is 259 g/mol. The summed E-state index contributed by atoms with van der Waals surface area (Å²) in [5, 5.41) is 5.17. The van der Waals surface area contributed by atoms with E-state index >= 15 is 0 Å². The lowest BCUT2D eigenvalue weighted by Gasteiger charge is -2.32. The van der Waals surface area contributed by atoms with Crippen LogP contribution in [0.2, 0.25) is 0 Å². The summed E-state index contributed by atoms with van der Waals surface area (Å²) in [5.41, 5.74) is 3.21. The molecule has 1 aliphatic rings. The van der Waals surface area contributed by atoms with Gasteiger partial charge in [-0.25, -0.2) is 4.98 Å². The zero-order valence-corrected chi connectivity index (χ0v) is 13.0. The molecule has 0 radical (unpaired) electrons. The number of rotatable bonds is 4. The number of thiazole rings is 1. The monoisotopic (exact) mass is 280 g/mol. The molecule has 19 heavy (non-hydrogen) atoms. The van der Waals surface area contributed by atoms with Crippen LogP contribution in [-0.2, 0) is 9.31 Å². The summed E-state index contributed by atoms with van der Waals surface area (Å²) in [6.07, 6.45) is 2.04. The highest BCUT2D eigenvalue weighted by Crippen LogP contribution is 2.38. The highest BCUT2D eigenvalue weighted by molar-refractivity contribution is 7.07. The van der Waals surface area contributed by atoms with Gasteiger partial charge in [0.25, 0.3) is 0 Å². The molecule has 2 heterocycles. The number of likely N-dealkylation sites (N-methyl/N-ethyl adjacent to an activating group) is 1. The summed E-state index contributed by atoms with van der Waals surface area (Å²) in [6, 6.07) is 0. The quantitative estimate of drug-likeness (QED) is 0.860.